The van der Waals surface area contributed by atoms with Crippen molar-refractivity contribution in [2.75, 3.05) is 0 Å². The van der Waals surface area contributed by atoms with E-state index < -0.39 is 0 Å². The van der Waals surface area contributed by atoms with Crippen molar-refractivity contribution in [3.05, 3.63) is 106 Å². The number of phenols is 1. The van der Waals surface area contributed by atoms with Crippen molar-refractivity contribution < 1.29 is 9.94 Å². The van der Waals surface area contributed by atoms with Crippen molar-refractivity contribution in [3.63, 3.8) is 0 Å². The number of hydrogen-bond acceptors (Lipinski definition) is 6. The second-order valence-electron chi connectivity index (χ2n) is 6.78. The van der Waals surface area contributed by atoms with E-state index in [9.17, 15) is 9.90 Å². The number of fused-ring (bicyclic) bond motifs is 1. The van der Waals surface area contributed by atoms with Crippen LogP contribution in [0.4, 0.5) is 0 Å². The number of rotatable bonds is 6. The van der Waals surface area contributed by atoms with Crippen LogP contribution in [0.25, 0.3) is 10.9 Å². The molecule has 0 amide bonds. The van der Waals surface area contributed by atoms with Gasteiger partial charge < -0.3 is 9.94 Å². The number of aromatic nitrogens is 2. The average Bonchev–Trinajstić information content (AvgIpc) is 2.80. The zero-order chi connectivity index (χ0) is 21.6. The van der Waals surface area contributed by atoms with Gasteiger partial charge in [-0.3, -0.25) is 4.79 Å². The van der Waals surface area contributed by atoms with Gasteiger partial charge in [0.2, 0.25) is 0 Å². The second kappa shape index (κ2) is 9.04. The van der Waals surface area contributed by atoms with Crippen molar-refractivity contribution >= 4 is 22.8 Å². The smallest absolute Gasteiger partial charge is 0.282 e. The van der Waals surface area contributed by atoms with Gasteiger partial charge in [0.15, 0.2) is 12.4 Å². The minimum atomic E-state index is -0.334. The largest absolute Gasteiger partial charge is 0.507 e. The predicted octanol–water partition coefficient (Wildman–Crippen LogP) is 3.93. The zero-order valence-corrected chi connectivity index (χ0v) is 16.8. The third-order valence-electron chi connectivity index (χ3n) is 4.66. The molecular weight excluding hydrogens is 392 g/mol. The van der Waals surface area contributed by atoms with Crippen LogP contribution in [0.3, 0.4) is 0 Å². The Kier molecular flexibility index (Phi) is 5.84. The molecule has 0 saturated carbocycles. The molecule has 7 heteroatoms. The highest BCUT2D eigenvalue weighted by atomic mass is 16.6. The number of hydrogen-bond donors (Lipinski definition) is 1. The molecule has 1 aromatic heterocycles. The average molecular weight is 412 g/mol. The summed E-state index contributed by atoms with van der Waals surface area (Å²) in [4.78, 5) is 23.1. The summed E-state index contributed by atoms with van der Waals surface area (Å²) in [6, 6.07) is 23.4. The second-order valence-corrected chi connectivity index (χ2v) is 6.78. The van der Waals surface area contributed by atoms with Crippen LogP contribution in [0.5, 0.6) is 5.75 Å². The van der Waals surface area contributed by atoms with Crippen LogP contribution < -0.4 is 5.56 Å². The molecule has 0 aliphatic rings. The minimum Gasteiger partial charge on any atom is -0.507 e. The number of oxime groups is 1. The summed E-state index contributed by atoms with van der Waals surface area (Å²) < 4.78 is 1.17. The van der Waals surface area contributed by atoms with Crippen LogP contribution in [0.15, 0.2) is 93.9 Å². The lowest BCUT2D eigenvalue weighted by molar-refractivity contribution is 0.122. The Bertz CT molecular complexity index is 1330. The molecule has 7 nitrogen and oxygen atoms in total. The molecular formula is C24H20N4O3. The highest BCUT2D eigenvalue weighted by Crippen LogP contribution is 2.14. The summed E-state index contributed by atoms with van der Waals surface area (Å²) >= 11 is 0. The molecule has 0 fully saturated rings. The van der Waals surface area contributed by atoms with Crippen molar-refractivity contribution in [2.24, 2.45) is 10.3 Å². The van der Waals surface area contributed by atoms with Gasteiger partial charge in [-0.1, -0.05) is 59.8 Å². The fraction of sp³-hybridized carbons (Fsp3) is 0.0833. The maximum Gasteiger partial charge on any atom is 0.282 e. The van der Waals surface area contributed by atoms with Gasteiger partial charge in [0, 0.05) is 5.56 Å². The maximum atomic E-state index is 13.0. The third kappa shape index (κ3) is 4.51. The Morgan fingerprint density at radius 3 is 2.55 bits per heavy atom. The highest BCUT2D eigenvalue weighted by Gasteiger charge is 2.11. The summed E-state index contributed by atoms with van der Waals surface area (Å²) in [6.07, 6.45) is 1.41. The van der Waals surface area contributed by atoms with E-state index in [0.717, 1.165) is 5.56 Å². The summed E-state index contributed by atoms with van der Waals surface area (Å²) in [6.45, 7) is 1.79. The molecule has 1 heterocycles. The first-order valence-corrected chi connectivity index (χ1v) is 9.68. The van der Waals surface area contributed by atoms with Gasteiger partial charge in [-0.05, 0) is 36.8 Å². The molecule has 0 unspecified atom stereocenters. The standard InChI is InChI=1S/C24H20N4O3/c1-17(18-9-3-2-4-10-18)27-31-16-23-26-21-13-7-6-12-20(21)24(30)28(23)25-15-19-11-5-8-14-22(19)29/h2-15,29H,16H2,1H3/b25-15-,27-17-. The molecule has 4 aromatic rings. The Morgan fingerprint density at radius 2 is 1.74 bits per heavy atom. The molecule has 4 rings (SSSR count). The Balaban J connectivity index is 1.69. The molecule has 0 atom stereocenters. The Hall–Kier alpha value is -4.26. The van der Waals surface area contributed by atoms with Crippen molar-refractivity contribution in [1.82, 2.24) is 9.66 Å². The van der Waals surface area contributed by atoms with E-state index in [-0.39, 0.29) is 17.9 Å². The number of nitrogens with zero attached hydrogens (tertiary/aromatic N) is 4. The maximum absolute atomic E-state index is 13.0. The van der Waals surface area contributed by atoms with E-state index in [1.807, 2.05) is 43.3 Å². The van der Waals surface area contributed by atoms with Crippen molar-refractivity contribution in [2.45, 2.75) is 13.5 Å². The molecule has 0 spiro atoms. The van der Waals surface area contributed by atoms with E-state index in [1.54, 1.807) is 42.5 Å². The molecule has 0 aliphatic heterocycles. The van der Waals surface area contributed by atoms with Gasteiger partial charge in [0.25, 0.3) is 5.56 Å². The Morgan fingerprint density at radius 1 is 1.03 bits per heavy atom. The van der Waals surface area contributed by atoms with E-state index in [4.69, 9.17) is 4.84 Å². The number of para-hydroxylation sites is 2. The lowest BCUT2D eigenvalue weighted by Crippen LogP contribution is -2.22. The Labute approximate surface area is 178 Å². The van der Waals surface area contributed by atoms with Crippen LogP contribution in [0.1, 0.15) is 23.9 Å². The van der Waals surface area contributed by atoms with Gasteiger partial charge in [-0.2, -0.15) is 9.78 Å². The van der Waals surface area contributed by atoms with E-state index in [2.05, 4.69) is 15.2 Å². The van der Waals surface area contributed by atoms with Gasteiger partial charge in [-0.15, -0.1) is 0 Å². The summed E-state index contributed by atoms with van der Waals surface area (Å²) in [5.41, 5.74) is 2.33. The molecule has 154 valence electrons. The van der Waals surface area contributed by atoms with Gasteiger partial charge >= 0.3 is 0 Å². The molecule has 0 saturated heterocycles. The SMILES string of the molecule is C/C(=N/OCc1nc2ccccc2c(=O)n1/N=C\c1ccccc1O)c1ccccc1. The van der Waals surface area contributed by atoms with Gasteiger partial charge in [0.1, 0.15) is 5.75 Å². The normalized spacial score (nSPS) is 11.8. The first-order chi connectivity index (χ1) is 15.1. The number of phenolic OH excluding ortho intramolecular Hbond substituents is 1. The molecule has 3 aromatic carbocycles. The van der Waals surface area contributed by atoms with Crippen LogP contribution in [0, 0.1) is 0 Å². The van der Waals surface area contributed by atoms with Gasteiger partial charge in [0.05, 0.1) is 22.8 Å². The molecule has 0 aliphatic carbocycles. The topological polar surface area (TPSA) is 89.1 Å². The third-order valence-corrected chi connectivity index (χ3v) is 4.66. The van der Waals surface area contributed by atoms with Crippen molar-refractivity contribution in [3.8, 4) is 5.75 Å². The fourth-order valence-corrected chi connectivity index (χ4v) is 3.02. The molecule has 31 heavy (non-hydrogen) atoms. The zero-order valence-electron chi connectivity index (χ0n) is 16.8. The monoisotopic (exact) mass is 412 g/mol. The fourth-order valence-electron chi connectivity index (χ4n) is 3.02. The summed E-state index contributed by atoms with van der Waals surface area (Å²) in [7, 11) is 0. The van der Waals surface area contributed by atoms with Crippen molar-refractivity contribution in [1.29, 1.82) is 0 Å². The minimum absolute atomic E-state index is 0.0532. The van der Waals surface area contributed by atoms with Crippen LogP contribution >= 0.6 is 0 Å². The quantitative estimate of drug-likeness (QED) is 0.384. The van der Waals surface area contributed by atoms with E-state index in [0.29, 0.717) is 28.0 Å². The summed E-state index contributed by atoms with van der Waals surface area (Å²) in [5, 5.41) is 18.8. The lowest BCUT2D eigenvalue weighted by Gasteiger charge is -2.09. The van der Waals surface area contributed by atoms with E-state index in [1.165, 1.54) is 10.9 Å². The van der Waals surface area contributed by atoms with Crippen LogP contribution in [-0.2, 0) is 11.4 Å². The van der Waals surface area contributed by atoms with Gasteiger partial charge in [-0.25, -0.2) is 4.98 Å². The van der Waals surface area contributed by atoms with Crippen LogP contribution in [0.2, 0.25) is 0 Å². The molecule has 0 radical (unpaired) electrons. The number of benzene rings is 3. The molecule has 0 bridgehead atoms. The number of aromatic hydroxyl groups is 1. The summed E-state index contributed by atoms with van der Waals surface area (Å²) in [5.74, 6) is 0.355. The first-order valence-electron chi connectivity index (χ1n) is 9.68. The lowest BCUT2D eigenvalue weighted by atomic mass is 10.1. The highest BCUT2D eigenvalue weighted by molar-refractivity contribution is 5.98. The van der Waals surface area contributed by atoms with E-state index >= 15 is 0 Å². The molecule has 1 N–H and O–H groups in total. The van der Waals surface area contributed by atoms with Crippen LogP contribution in [-0.4, -0.2) is 26.7 Å². The predicted molar refractivity (Wildman–Crippen MR) is 121 cm³/mol. The first kappa shape index (κ1) is 20.0.